The van der Waals surface area contributed by atoms with E-state index in [1.54, 1.807) is 0 Å². The van der Waals surface area contributed by atoms with Crippen molar-refractivity contribution in [3.63, 3.8) is 0 Å². The third kappa shape index (κ3) is 4.02. The third-order valence-electron chi connectivity index (χ3n) is 6.12. The van der Waals surface area contributed by atoms with Gasteiger partial charge in [0.2, 0.25) is 0 Å². The van der Waals surface area contributed by atoms with Gasteiger partial charge in [-0.05, 0) is 61.0 Å². The minimum absolute atomic E-state index is 0.0894. The van der Waals surface area contributed by atoms with Gasteiger partial charge in [0, 0.05) is 12.5 Å². The molecular weight excluding hydrogens is 340 g/mol. The van der Waals surface area contributed by atoms with Crippen LogP contribution in [0.2, 0.25) is 0 Å². The number of ether oxygens (including phenoxy) is 1. The number of fused-ring (bicyclic) bond motifs is 1. The van der Waals surface area contributed by atoms with Crippen molar-refractivity contribution >= 4 is 0 Å². The fourth-order valence-electron chi connectivity index (χ4n) is 4.69. The molecule has 1 fully saturated rings. The quantitative estimate of drug-likeness (QED) is 0.873. The number of nitrogens with zero attached hydrogens (tertiary/aromatic N) is 1. The van der Waals surface area contributed by atoms with Gasteiger partial charge in [-0.25, -0.2) is 4.39 Å². The van der Waals surface area contributed by atoms with Crippen LogP contribution in [0.1, 0.15) is 35.4 Å². The van der Waals surface area contributed by atoms with E-state index >= 15 is 0 Å². The van der Waals surface area contributed by atoms with Gasteiger partial charge in [-0.2, -0.15) is 0 Å². The lowest BCUT2D eigenvalue weighted by molar-refractivity contribution is 0.0289. The Morgan fingerprint density at radius 2 is 1.78 bits per heavy atom. The molecule has 27 heavy (non-hydrogen) atoms. The van der Waals surface area contributed by atoms with Crippen LogP contribution < -0.4 is 4.74 Å². The van der Waals surface area contributed by atoms with E-state index in [0.717, 1.165) is 49.2 Å². The number of likely N-dealkylation sites (tertiary alicyclic amines) is 1. The summed E-state index contributed by atoms with van der Waals surface area (Å²) in [5.41, 5.74) is 3.70. The van der Waals surface area contributed by atoms with Crippen LogP contribution >= 0.6 is 0 Å². The van der Waals surface area contributed by atoms with E-state index in [1.165, 1.54) is 5.56 Å². The Balaban J connectivity index is 1.45. The number of benzene rings is 2. The molecule has 1 saturated heterocycles. The molecular formula is C23H28FNO2. The van der Waals surface area contributed by atoms with Crippen molar-refractivity contribution in [1.82, 2.24) is 4.90 Å². The molecule has 144 valence electrons. The fraction of sp³-hybridized carbons (Fsp3) is 0.478. The summed E-state index contributed by atoms with van der Waals surface area (Å²) < 4.78 is 18.2. The SMILES string of the molecule is O[C@@H]1Cc2cccc(OCC[18F])c2C[C@H]1N1CCC(c2ccccc2)CC1. The first-order valence-corrected chi connectivity index (χ1v) is 10.0. The highest BCUT2D eigenvalue weighted by atomic mass is 18.2. The minimum atomic E-state index is -0.483. The minimum Gasteiger partial charge on any atom is -0.491 e. The van der Waals surface area contributed by atoms with Crippen molar-refractivity contribution in [3.05, 3.63) is 65.2 Å². The first kappa shape index (κ1) is 18.5. The van der Waals surface area contributed by atoms with E-state index in [4.69, 9.17) is 4.74 Å². The van der Waals surface area contributed by atoms with E-state index in [1.807, 2.05) is 12.1 Å². The molecule has 0 radical (unpaired) electrons. The highest BCUT2D eigenvalue weighted by Crippen LogP contribution is 2.35. The molecule has 4 heteroatoms. The number of piperidine rings is 1. The van der Waals surface area contributed by atoms with Gasteiger partial charge in [0.1, 0.15) is 19.0 Å². The van der Waals surface area contributed by atoms with Gasteiger partial charge in [0.05, 0.1) is 6.10 Å². The largest absolute Gasteiger partial charge is 0.491 e. The molecule has 0 aromatic heterocycles. The zero-order valence-electron chi connectivity index (χ0n) is 15.7. The monoisotopic (exact) mass is 368 g/mol. The Morgan fingerprint density at radius 3 is 2.52 bits per heavy atom. The second-order valence-corrected chi connectivity index (χ2v) is 7.70. The van der Waals surface area contributed by atoms with Crippen LogP contribution in [-0.4, -0.2) is 48.5 Å². The molecule has 0 spiro atoms. The van der Waals surface area contributed by atoms with Gasteiger partial charge in [0.25, 0.3) is 0 Å². The predicted molar refractivity (Wildman–Crippen MR) is 105 cm³/mol. The second kappa shape index (κ2) is 8.41. The summed E-state index contributed by atoms with van der Waals surface area (Å²) in [5, 5.41) is 10.8. The molecule has 2 aliphatic rings. The Kier molecular flexibility index (Phi) is 5.74. The molecule has 2 aromatic carbocycles. The molecule has 1 aliphatic carbocycles. The lowest BCUT2D eigenvalue weighted by atomic mass is 9.82. The Bertz CT molecular complexity index is 743. The van der Waals surface area contributed by atoms with Crippen LogP contribution in [0.5, 0.6) is 5.75 Å². The summed E-state index contributed by atoms with van der Waals surface area (Å²) in [7, 11) is 0. The second-order valence-electron chi connectivity index (χ2n) is 7.70. The average Bonchev–Trinajstić information content (AvgIpc) is 2.72. The Labute approximate surface area is 160 Å². The van der Waals surface area contributed by atoms with Gasteiger partial charge in [-0.3, -0.25) is 4.90 Å². The smallest absolute Gasteiger partial charge is 0.123 e. The van der Waals surface area contributed by atoms with E-state index in [-0.39, 0.29) is 18.8 Å². The maximum atomic E-state index is 12.5. The van der Waals surface area contributed by atoms with Crippen LogP contribution in [0.4, 0.5) is 4.39 Å². The average molecular weight is 368 g/mol. The first-order valence-electron chi connectivity index (χ1n) is 10.0. The zero-order valence-corrected chi connectivity index (χ0v) is 15.7. The third-order valence-corrected chi connectivity index (χ3v) is 6.12. The van der Waals surface area contributed by atoms with Crippen LogP contribution in [0, 0.1) is 0 Å². The van der Waals surface area contributed by atoms with Gasteiger partial charge < -0.3 is 9.84 Å². The van der Waals surface area contributed by atoms with E-state index < -0.39 is 6.67 Å². The molecule has 2 atom stereocenters. The number of alkyl halides is 1. The number of aliphatic hydroxyl groups excluding tert-OH is 1. The van der Waals surface area contributed by atoms with Crippen LogP contribution in [-0.2, 0) is 12.8 Å². The Morgan fingerprint density at radius 1 is 1.00 bits per heavy atom. The van der Waals surface area contributed by atoms with Gasteiger partial charge in [-0.15, -0.1) is 0 Å². The number of rotatable bonds is 5. The topological polar surface area (TPSA) is 32.7 Å². The molecule has 3 nitrogen and oxygen atoms in total. The fourth-order valence-corrected chi connectivity index (χ4v) is 4.69. The predicted octanol–water partition coefficient (Wildman–Crippen LogP) is 3.74. The van der Waals surface area contributed by atoms with Crippen molar-refractivity contribution in [1.29, 1.82) is 0 Å². The molecule has 1 heterocycles. The van der Waals surface area contributed by atoms with E-state index in [9.17, 15) is 9.50 Å². The van der Waals surface area contributed by atoms with Crippen molar-refractivity contribution in [2.75, 3.05) is 26.4 Å². The molecule has 1 N–H and O–H groups in total. The van der Waals surface area contributed by atoms with Crippen molar-refractivity contribution in [2.45, 2.75) is 43.7 Å². The number of hydrogen-bond donors (Lipinski definition) is 1. The van der Waals surface area contributed by atoms with E-state index in [2.05, 4.69) is 41.3 Å². The molecule has 2 aromatic rings. The molecule has 0 saturated carbocycles. The van der Waals surface area contributed by atoms with Crippen molar-refractivity contribution in [3.8, 4) is 5.75 Å². The Hall–Kier alpha value is -1.91. The molecule has 0 amide bonds. The summed E-state index contributed by atoms with van der Waals surface area (Å²) in [6, 6.07) is 16.8. The summed E-state index contributed by atoms with van der Waals surface area (Å²) in [6.45, 7) is 1.61. The maximum absolute atomic E-state index is 12.5. The molecule has 4 rings (SSSR count). The summed E-state index contributed by atoms with van der Waals surface area (Å²) in [5.74, 6) is 1.39. The van der Waals surface area contributed by atoms with E-state index in [0.29, 0.717) is 12.3 Å². The van der Waals surface area contributed by atoms with Crippen molar-refractivity contribution in [2.24, 2.45) is 0 Å². The number of halogens is 1. The standard InChI is InChI=1S/C23H28FNO2/c24-11-14-27-23-8-4-7-19-15-22(26)21(16-20(19)23)25-12-9-18(10-13-25)17-5-2-1-3-6-17/h1-8,18,21-22,26H,9-16H2/t21-,22-/m1/s1/i24-1. The lowest BCUT2D eigenvalue weighted by Gasteiger charge is -2.42. The number of hydrogen-bond acceptors (Lipinski definition) is 3. The highest BCUT2D eigenvalue weighted by Gasteiger charge is 2.35. The van der Waals surface area contributed by atoms with Crippen molar-refractivity contribution < 1.29 is 14.2 Å². The summed E-state index contributed by atoms with van der Waals surface area (Å²) in [6.07, 6.45) is 3.31. The zero-order chi connectivity index (χ0) is 18.6. The van der Waals surface area contributed by atoms with Gasteiger partial charge in [0.15, 0.2) is 0 Å². The van der Waals surface area contributed by atoms with Gasteiger partial charge >= 0.3 is 0 Å². The van der Waals surface area contributed by atoms with Gasteiger partial charge in [-0.1, -0.05) is 42.5 Å². The molecule has 1 aliphatic heterocycles. The summed E-state index contributed by atoms with van der Waals surface area (Å²) in [4.78, 5) is 2.44. The van der Waals surface area contributed by atoms with Crippen LogP contribution in [0.3, 0.4) is 0 Å². The van der Waals surface area contributed by atoms with Crippen LogP contribution in [0.15, 0.2) is 48.5 Å². The summed E-state index contributed by atoms with van der Waals surface area (Å²) >= 11 is 0. The molecule has 0 bridgehead atoms. The maximum Gasteiger partial charge on any atom is 0.123 e. The first-order chi connectivity index (χ1) is 13.3. The van der Waals surface area contributed by atoms with Crippen LogP contribution in [0.25, 0.3) is 0 Å². The number of aliphatic hydroxyl groups is 1. The molecule has 0 unspecified atom stereocenters. The lowest BCUT2D eigenvalue weighted by Crippen LogP contribution is -2.51. The highest BCUT2D eigenvalue weighted by molar-refractivity contribution is 5.43. The normalized spacial score (nSPS) is 23.8.